The second-order valence-corrected chi connectivity index (χ2v) is 4.92. The zero-order chi connectivity index (χ0) is 13.1. The van der Waals surface area contributed by atoms with Crippen LogP contribution >= 0.6 is 12.4 Å². The lowest BCUT2D eigenvalue weighted by Gasteiger charge is -2.26. The third-order valence-corrected chi connectivity index (χ3v) is 3.82. The minimum Gasteiger partial charge on any atom is -0.496 e. The lowest BCUT2D eigenvalue weighted by atomic mass is 9.90. The van der Waals surface area contributed by atoms with Crippen LogP contribution < -0.4 is 10.5 Å². The number of aliphatic hydroxyl groups is 1. The zero-order valence-corrected chi connectivity index (χ0v) is 11.8. The summed E-state index contributed by atoms with van der Waals surface area (Å²) in [5.74, 6) is 0.155. The molecule has 2 atom stereocenters. The highest BCUT2D eigenvalue weighted by atomic mass is 35.5. The first-order valence-corrected chi connectivity index (χ1v) is 6.41. The second-order valence-electron chi connectivity index (χ2n) is 4.92. The molecule has 1 aromatic rings. The third kappa shape index (κ3) is 3.38. The summed E-state index contributed by atoms with van der Waals surface area (Å²) in [6.45, 7) is 0. The molecule has 1 aromatic carbocycles. The van der Waals surface area contributed by atoms with Crippen molar-refractivity contribution in [2.75, 3.05) is 7.11 Å². The molecule has 0 saturated heterocycles. The smallest absolute Gasteiger partial charge is 0.131 e. The fourth-order valence-corrected chi connectivity index (χ4v) is 2.78. The summed E-state index contributed by atoms with van der Waals surface area (Å²) in [5, 5.41) is 10.3. The monoisotopic (exact) mass is 289 g/mol. The largest absolute Gasteiger partial charge is 0.496 e. The Kier molecular flexibility index (Phi) is 6.04. The molecule has 3 N–H and O–H groups in total. The van der Waals surface area contributed by atoms with E-state index in [0.717, 1.165) is 25.7 Å². The Morgan fingerprint density at radius 1 is 1.37 bits per heavy atom. The van der Waals surface area contributed by atoms with Crippen LogP contribution in [0, 0.1) is 11.7 Å². The molecule has 0 aliphatic heterocycles. The Morgan fingerprint density at radius 3 is 2.58 bits per heavy atom. The fourth-order valence-electron chi connectivity index (χ4n) is 2.78. The van der Waals surface area contributed by atoms with Crippen molar-refractivity contribution in [3.63, 3.8) is 0 Å². The number of methoxy groups -OCH3 is 1. The molecule has 19 heavy (non-hydrogen) atoms. The molecule has 108 valence electrons. The predicted molar refractivity (Wildman–Crippen MR) is 75.1 cm³/mol. The van der Waals surface area contributed by atoms with Gasteiger partial charge in [-0.2, -0.15) is 0 Å². The molecule has 0 radical (unpaired) electrons. The summed E-state index contributed by atoms with van der Waals surface area (Å²) in [6, 6.07) is 3.86. The van der Waals surface area contributed by atoms with E-state index in [9.17, 15) is 9.50 Å². The van der Waals surface area contributed by atoms with Crippen molar-refractivity contribution in [2.45, 2.75) is 37.8 Å². The van der Waals surface area contributed by atoms with E-state index in [1.807, 2.05) is 0 Å². The number of hydrogen-bond donors (Lipinski definition) is 2. The van der Waals surface area contributed by atoms with Crippen molar-refractivity contribution in [2.24, 2.45) is 11.7 Å². The van der Waals surface area contributed by atoms with Crippen molar-refractivity contribution >= 4 is 12.4 Å². The lowest BCUT2D eigenvalue weighted by molar-refractivity contribution is 0.0823. The molecular weight excluding hydrogens is 269 g/mol. The van der Waals surface area contributed by atoms with Crippen LogP contribution in [0.5, 0.6) is 5.75 Å². The Labute approximate surface area is 119 Å². The standard InChI is InChI=1S/C14H20FNO2.ClH/c1-18-11-8-4-7-10(15)12(11)13(16)14(17)9-5-2-3-6-9;/h4,7-9,13-14,17H,2-3,5-6,16H2,1H3;1H/t13-,14+;/m0./s1. The third-order valence-electron chi connectivity index (χ3n) is 3.82. The molecule has 1 fully saturated rings. The van der Waals surface area contributed by atoms with Crippen LogP contribution in [0.3, 0.4) is 0 Å². The average Bonchev–Trinajstić information content (AvgIpc) is 2.90. The van der Waals surface area contributed by atoms with Crippen molar-refractivity contribution in [3.05, 3.63) is 29.6 Å². The Balaban J connectivity index is 0.00000180. The first kappa shape index (κ1) is 16.2. The normalized spacial score (nSPS) is 18.7. The van der Waals surface area contributed by atoms with Gasteiger partial charge < -0.3 is 15.6 Å². The maximum Gasteiger partial charge on any atom is 0.131 e. The summed E-state index contributed by atoms with van der Waals surface area (Å²) in [6.07, 6.45) is 3.45. The summed E-state index contributed by atoms with van der Waals surface area (Å²) in [4.78, 5) is 0. The van der Waals surface area contributed by atoms with Gasteiger partial charge in [-0.3, -0.25) is 0 Å². The Bertz CT molecular complexity index is 410. The molecule has 1 aliphatic carbocycles. The lowest BCUT2D eigenvalue weighted by Crippen LogP contribution is -2.32. The molecular formula is C14H21ClFNO2. The molecule has 0 bridgehead atoms. The molecule has 1 saturated carbocycles. The summed E-state index contributed by atoms with van der Waals surface area (Å²) in [7, 11) is 1.48. The first-order chi connectivity index (χ1) is 8.65. The number of aliphatic hydroxyl groups excluding tert-OH is 1. The van der Waals surface area contributed by atoms with Crippen molar-refractivity contribution in [1.29, 1.82) is 0 Å². The number of benzene rings is 1. The van der Waals surface area contributed by atoms with Gasteiger partial charge in [-0.25, -0.2) is 4.39 Å². The highest BCUT2D eigenvalue weighted by Gasteiger charge is 2.31. The van der Waals surface area contributed by atoms with Gasteiger partial charge in [0, 0.05) is 5.56 Å². The van der Waals surface area contributed by atoms with Gasteiger partial charge in [-0.15, -0.1) is 12.4 Å². The number of rotatable bonds is 4. The van der Waals surface area contributed by atoms with Gasteiger partial charge in [0.25, 0.3) is 0 Å². The summed E-state index contributed by atoms with van der Waals surface area (Å²) < 4.78 is 19.0. The molecule has 0 aromatic heterocycles. The molecule has 1 aliphatic rings. The highest BCUT2D eigenvalue weighted by Crippen LogP contribution is 2.36. The van der Waals surface area contributed by atoms with Crippen LogP contribution in [0.2, 0.25) is 0 Å². The van der Waals surface area contributed by atoms with Gasteiger partial charge in [0.05, 0.1) is 19.3 Å². The van der Waals surface area contributed by atoms with E-state index in [2.05, 4.69) is 0 Å². The van der Waals surface area contributed by atoms with Crippen LogP contribution in [0.4, 0.5) is 4.39 Å². The first-order valence-electron chi connectivity index (χ1n) is 6.41. The van der Waals surface area contributed by atoms with E-state index in [0.29, 0.717) is 5.75 Å². The van der Waals surface area contributed by atoms with Gasteiger partial charge in [0.15, 0.2) is 0 Å². The van der Waals surface area contributed by atoms with Crippen molar-refractivity contribution < 1.29 is 14.2 Å². The van der Waals surface area contributed by atoms with Crippen molar-refractivity contribution in [3.8, 4) is 5.75 Å². The van der Waals surface area contributed by atoms with E-state index in [4.69, 9.17) is 10.5 Å². The van der Waals surface area contributed by atoms with E-state index in [1.165, 1.54) is 13.2 Å². The Hall–Kier alpha value is -0.840. The fraction of sp³-hybridized carbons (Fsp3) is 0.571. The minimum absolute atomic E-state index is 0. The Morgan fingerprint density at radius 2 is 2.00 bits per heavy atom. The van der Waals surface area contributed by atoms with Crippen LogP contribution in [-0.2, 0) is 0 Å². The maximum atomic E-state index is 13.9. The molecule has 0 amide bonds. The molecule has 0 heterocycles. The molecule has 5 heteroatoms. The predicted octanol–water partition coefficient (Wildman–Crippen LogP) is 2.81. The summed E-state index contributed by atoms with van der Waals surface area (Å²) >= 11 is 0. The second kappa shape index (κ2) is 7.08. The quantitative estimate of drug-likeness (QED) is 0.896. The molecule has 0 unspecified atom stereocenters. The van der Waals surface area contributed by atoms with E-state index >= 15 is 0 Å². The topological polar surface area (TPSA) is 55.5 Å². The van der Waals surface area contributed by atoms with E-state index in [1.54, 1.807) is 12.1 Å². The van der Waals surface area contributed by atoms with Gasteiger partial charge in [-0.05, 0) is 30.9 Å². The van der Waals surface area contributed by atoms with Gasteiger partial charge in [0.1, 0.15) is 11.6 Å². The van der Waals surface area contributed by atoms with Crippen LogP contribution in [0.1, 0.15) is 37.3 Å². The molecule has 3 nitrogen and oxygen atoms in total. The summed E-state index contributed by atoms with van der Waals surface area (Å²) in [5.41, 5.74) is 6.30. The van der Waals surface area contributed by atoms with Crippen LogP contribution in [0.25, 0.3) is 0 Å². The molecule has 2 rings (SSSR count). The SMILES string of the molecule is COc1cccc(F)c1[C@H](N)[C@H](O)C1CCCC1.Cl. The van der Waals surface area contributed by atoms with Crippen molar-refractivity contribution in [1.82, 2.24) is 0 Å². The van der Waals surface area contributed by atoms with Crippen LogP contribution in [0.15, 0.2) is 18.2 Å². The van der Waals surface area contributed by atoms with Crippen LogP contribution in [-0.4, -0.2) is 18.3 Å². The molecule has 0 spiro atoms. The van der Waals surface area contributed by atoms with Gasteiger partial charge in [0.2, 0.25) is 0 Å². The van der Waals surface area contributed by atoms with E-state index in [-0.39, 0.29) is 23.9 Å². The van der Waals surface area contributed by atoms with E-state index < -0.39 is 18.0 Å². The number of hydrogen-bond acceptors (Lipinski definition) is 3. The highest BCUT2D eigenvalue weighted by molar-refractivity contribution is 5.85. The maximum absolute atomic E-state index is 13.9. The number of ether oxygens (including phenoxy) is 1. The number of nitrogens with two attached hydrogens (primary N) is 1. The zero-order valence-electron chi connectivity index (χ0n) is 11.0. The average molecular weight is 290 g/mol. The number of halogens is 2. The van der Waals surface area contributed by atoms with Gasteiger partial charge in [-0.1, -0.05) is 18.9 Å². The minimum atomic E-state index is -0.732. The van der Waals surface area contributed by atoms with Gasteiger partial charge >= 0.3 is 0 Å².